The van der Waals surface area contributed by atoms with E-state index in [0.29, 0.717) is 25.2 Å². The Hall–Kier alpha value is -1.26. The Morgan fingerprint density at radius 2 is 1.13 bits per heavy atom. The topological polar surface area (TPSA) is 58.9 Å². The van der Waals surface area contributed by atoms with Crippen molar-refractivity contribution in [1.29, 1.82) is 0 Å². The van der Waals surface area contributed by atoms with E-state index in [4.69, 9.17) is 9.47 Å². The van der Waals surface area contributed by atoms with Gasteiger partial charge in [0, 0.05) is 25.2 Å². The van der Waals surface area contributed by atoms with Gasteiger partial charge in [-0.15, -0.1) is 0 Å². The fraction of sp³-hybridized carbons (Fsp3) is 0.769. The van der Waals surface area contributed by atoms with Crippen LogP contribution in [0.1, 0.15) is 109 Å². The van der Waals surface area contributed by atoms with E-state index in [1.165, 1.54) is 83.1 Å². The number of hydrogen-bond acceptors (Lipinski definition) is 4. The van der Waals surface area contributed by atoms with Crippen molar-refractivity contribution in [3.05, 3.63) is 23.8 Å². The highest BCUT2D eigenvalue weighted by atomic mass is 16.7. The lowest BCUT2D eigenvalue weighted by Gasteiger charge is -2.19. The molecule has 4 heteroatoms. The number of aromatic hydroxyl groups is 2. The van der Waals surface area contributed by atoms with Gasteiger partial charge in [0.05, 0.1) is 0 Å². The van der Waals surface area contributed by atoms with E-state index in [2.05, 4.69) is 13.8 Å². The molecular formula is C26H46O4. The molecule has 0 amide bonds. The predicted octanol–water partition coefficient (Wildman–Crippen LogP) is 7.50. The molecule has 0 fully saturated rings. The second-order valence-electron chi connectivity index (χ2n) is 8.40. The number of phenolic OH excluding ortho intramolecular Hbond substituents is 2. The third-order valence-electron chi connectivity index (χ3n) is 5.59. The zero-order valence-electron chi connectivity index (χ0n) is 19.5. The molecule has 30 heavy (non-hydrogen) atoms. The molecule has 0 saturated carbocycles. The third-order valence-corrected chi connectivity index (χ3v) is 5.59. The van der Waals surface area contributed by atoms with Crippen LogP contribution < -0.4 is 0 Å². The van der Waals surface area contributed by atoms with Gasteiger partial charge in [-0.3, -0.25) is 0 Å². The van der Waals surface area contributed by atoms with E-state index >= 15 is 0 Å². The standard InChI is InChI=1S/C26H46O4/c1-3-5-7-9-11-13-15-20-29-25(22-23-18-17-19-24(27)26(23)28)30-21-16-14-12-10-8-6-4-2/h17-19,25,27-28H,3-16,20-22H2,1-2H3. The first kappa shape index (κ1) is 26.8. The highest BCUT2D eigenvalue weighted by Crippen LogP contribution is 2.29. The predicted molar refractivity (Wildman–Crippen MR) is 125 cm³/mol. The van der Waals surface area contributed by atoms with Crippen LogP contribution in [0.25, 0.3) is 0 Å². The average molecular weight is 423 g/mol. The second-order valence-corrected chi connectivity index (χ2v) is 8.40. The number of phenols is 2. The van der Waals surface area contributed by atoms with Gasteiger partial charge in [-0.2, -0.15) is 0 Å². The number of unbranched alkanes of at least 4 members (excludes halogenated alkanes) is 12. The van der Waals surface area contributed by atoms with E-state index in [1.807, 2.05) is 6.07 Å². The monoisotopic (exact) mass is 422 g/mol. The third kappa shape index (κ3) is 13.1. The molecule has 1 aromatic rings. The van der Waals surface area contributed by atoms with Crippen LogP contribution in [0.4, 0.5) is 0 Å². The lowest BCUT2D eigenvalue weighted by atomic mass is 10.1. The second kappa shape index (κ2) is 18.5. The average Bonchev–Trinajstić information content (AvgIpc) is 2.74. The maximum atomic E-state index is 10.1. The lowest BCUT2D eigenvalue weighted by molar-refractivity contribution is -0.142. The van der Waals surface area contributed by atoms with Crippen molar-refractivity contribution in [1.82, 2.24) is 0 Å². The molecule has 1 rings (SSSR count). The van der Waals surface area contributed by atoms with E-state index in [0.717, 1.165) is 12.8 Å². The first-order valence-corrected chi connectivity index (χ1v) is 12.4. The summed E-state index contributed by atoms with van der Waals surface area (Å²) in [5.41, 5.74) is 0.666. The molecule has 0 radical (unpaired) electrons. The molecule has 1 aromatic carbocycles. The maximum absolute atomic E-state index is 10.1. The summed E-state index contributed by atoms with van der Waals surface area (Å²) in [5, 5.41) is 19.9. The zero-order chi connectivity index (χ0) is 21.9. The molecule has 4 nitrogen and oxygen atoms in total. The van der Waals surface area contributed by atoms with Gasteiger partial charge in [0.2, 0.25) is 0 Å². The van der Waals surface area contributed by atoms with Gasteiger partial charge in [0.25, 0.3) is 0 Å². The highest BCUT2D eigenvalue weighted by molar-refractivity contribution is 5.44. The summed E-state index contributed by atoms with van der Waals surface area (Å²) in [6.45, 7) is 5.83. The van der Waals surface area contributed by atoms with Crippen LogP contribution in [0.5, 0.6) is 11.5 Å². The summed E-state index contributed by atoms with van der Waals surface area (Å²) in [6.07, 6.45) is 17.6. The molecule has 0 atom stereocenters. The minimum Gasteiger partial charge on any atom is -0.504 e. The SMILES string of the molecule is CCCCCCCCCOC(Cc1cccc(O)c1O)OCCCCCCCCC. The van der Waals surface area contributed by atoms with Gasteiger partial charge >= 0.3 is 0 Å². The van der Waals surface area contributed by atoms with Gasteiger partial charge < -0.3 is 19.7 Å². The summed E-state index contributed by atoms with van der Waals surface area (Å²) in [4.78, 5) is 0. The number of benzene rings is 1. The molecule has 0 aromatic heterocycles. The van der Waals surface area contributed by atoms with E-state index in [1.54, 1.807) is 6.07 Å². The lowest BCUT2D eigenvalue weighted by Crippen LogP contribution is -2.21. The van der Waals surface area contributed by atoms with E-state index in [9.17, 15) is 10.2 Å². The summed E-state index contributed by atoms with van der Waals surface area (Å²) in [6, 6.07) is 5.05. The molecule has 0 heterocycles. The highest BCUT2D eigenvalue weighted by Gasteiger charge is 2.15. The van der Waals surface area contributed by atoms with Gasteiger partial charge in [-0.25, -0.2) is 0 Å². The van der Waals surface area contributed by atoms with E-state index in [-0.39, 0.29) is 17.8 Å². The van der Waals surface area contributed by atoms with Crippen molar-refractivity contribution in [2.45, 2.75) is 116 Å². The molecule has 0 spiro atoms. The summed E-state index contributed by atoms with van der Waals surface area (Å²) < 4.78 is 12.0. The summed E-state index contributed by atoms with van der Waals surface area (Å²) in [7, 11) is 0. The Balaban J connectivity index is 2.33. The van der Waals surface area contributed by atoms with Crippen molar-refractivity contribution in [3.8, 4) is 11.5 Å². The van der Waals surface area contributed by atoms with Gasteiger partial charge in [-0.05, 0) is 18.9 Å². The quantitative estimate of drug-likeness (QED) is 0.130. The number of ether oxygens (including phenoxy) is 2. The molecule has 0 aliphatic heterocycles. The molecule has 174 valence electrons. The van der Waals surface area contributed by atoms with E-state index < -0.39 is 0 Å². The fourth-order valence-electron chi connectivity index (χ4n) is 3.64. The van der Waals surface area contributed by atoms with Crippen molar-refractivity contribution >= 4 is 0 Å². The number of hydrogen-bond donors (Lipinski definition) is 2. The van der Waals surface area contributed by atoms with Crippen molar-refractivity contribution < 1.29 is 19.7 Å². The molecule has 0 saturated heterocycles. The zero-order valence-corrected chi connectivity index (χ0v) is 19.5. The van der Waals surface area contributed by atoms with Crippen molar-refractivity contribution in [2.75, 3.05) is 13.2 Å². The van der Waals surface area contributed by atoms with Crippen molar-refractivity contribution in [3.63, 3.8) is 0 Å². The van der Waals surface area contributed by atoms with Crippen LogP contribution in [0.3, 0.4) is 0 Å². The van der Waals surface area contributed by atoms with Crippen LogP contribution in [-0.2, 0) is 15.9 Å². The van der Waals surface area contributed by atoms with Gasteiger partial charge in [0.1, 0.15) is 0 Å². The Morgan fingerprint density at radius 3 is 1.63 bits per heavy atom. The Labute approximate surface area is 185 Å². The molecule has 0 bridgehead atoms. The fourth-order valence-corrected chi connectivity index (χ4v) is 3.64. The molecular weight excluding hydrogens is 376 g/mol. The Kier molecular flexibility index (Phi) is 16.5. The molecule has 2 N–H and O–H groups in total. The molecule has 0 aliphatic carbocycles. The normalized spacial score (nSPS) is 11.4. The molecule has 0 unspecified atom stereocenters. The van der Waals surface area contributed by atoms with Crippen LogP contribution in [0, 0.1) is 0 Å². The number of para-hydroxylation sites is 1. The summed E-state index contributed by atoms with van der Waals surface area (Å²) in [5.74, 6) is -0.160. The minimum absolute atomic E-state index is 0.0680. The minimum atomic E-state index is -0.377. The first-order valence-electron chi connectivity index (χ1n) is 12.4. The van der Waals surface area contributed by atoms with Crippen molar-refractivity contribution in [2.24, 2.45) is 0 Å². The molecule has 0 aliphatic rings. The number of rotatable bonds is 20. The summed E-state index contributed by atoms with van der Waals surface area (Å²) >= 11 is 0. The van der Waals surface area contributed by atoms with Gasteiger partial charge in [-0.1, -0.05) is 103 Å². The van der Waals surface area contributed by atoms with Crippen LogP contribution in [-0.4, -0.2) is 29.7 Å². The smallest absolute Gasteiger partial charge is 0.161 e. The Bertz CT molecular complexity index is 498. The van der Waals surface area contributed by atoms with Crippen LogP contribution in [0.15, 0.2) is 18.2 Å². The van der Waals surface area contributed by atoms with Gasteiger partial charge in [0.15, 0.2) is 17.8 Å². The van der Waals surface area contributed by atoms with Crippen LogP contribution in [0.2, 0.25) is 0 Å². The maximum Gasteiger partial charge on any atom is 0.161 e. The largest absolute Gasteiger partial charge is 0.504 e. The Morgan fingerprint density at radius 1 is 0.667 bits per heavy atom. The van der Waals surface area contributed by atoms with Crippen LogP contribution >= 0.6 is 0 Å². The first-order chi connectivity index (χ1) is 14.7.